The zero-order valence-corrected chi connectivity index (χ0v) is 17.2. The van der Waals surface area contributed by atoms with Crippen molar-refractivity contribution in [2.45, 2.75) is 26.7 Å². The maximum Gasteiger partial charge on any atom is 0.289 e. The molecule has 0 saturated carbocycles. The van der Waals surface area contributed by atoms with Crippen LogP contribution in [-0.4, -0.2) is 70.1 Å². The predicted molar refractivity (Wildman–Crippen MR) is 108 cm³/mol. The molecule has 2 aromatic rings. The lowest BCUT2D eigenvalue weighted by Crippen LogP contribution is -2.50. The van der Waals surface area contributed by atoms with Crippen molar-refractivity contribution in [3.05, 3.63) is 41.1 Å². The van der Waals surface area contributed by atoms with Crippen molar-refractivity contribution < 1.29 is 18.8 Å². The van der Waals surface area contributed by atoms with Gasteiger partial charge in [0.1, 0.15) is 0 Å². The van der Waals surface area contributed by atoms with E-state index in [4.69, 9.17) is 4.42 Å². The lowest BCUT2D eigenvalue weighted by molar-refractivity contribution is -0.117. The number of aromatic nitrogens is 2. The number of anilines is 1. The standard InChI is InChI=1S/C21H25N5O4/c1-13-10-15-19(16(27)11-13)14(2)22-21(23-15)24-18(28)12-25-5-7-26(8-6-25)20(29)17-4-3-9-30-17/h3-4,9,13H,5-8,10-12H2,1-2H3,(H,22,23,24,28)/t13-/m0/s1. The van der Waals surface area contributed by atoms with Gasteiger partial charge in [-0.3, -0.25) is 24.6 Å². The SMILES string of the molecule is Cc1nc(NC(=O)CN2CCN(C(=O)c3ccco3)CC2)nc2c1C(=O)C[C@@H](C)C2. The summed E-state index contributed by atoms with van der Waals surface area (Å²) in [4.78, 5) is 49.5. The van der Waals surface area contributed by atoms with E-state index in [1.807, 2.05) is 11.8 Å². The van der Waals surface area contributed by atoms with Gasteiger partial charge in [-0.2, -0.15) is 0 Å². The first kappa shape index (κ1) is 20.2. The Balaban J connectivity index is 1.32. The van der Waals surface area contributed by atoms with Crippen molar-refractivity contribution in [2.75, 3.05) is 38.0 Å². The van der Waals surface area contributed by atoms with Crippen molar-refractivity contribution in [2.24, 2.45) is 5.92 Å². The molecule has 9 heteroatoms. The molecule has 1 saturated heterocycles. The van der Waals surface area contributed by atoms with Gasteiger partial charge >= 0.3 is 0 Å². The second kappa shape index (κ2) is 8.35. The highest BCUT2D eigenvalue weighted by atomic mass is 16.3. The third-order valence-electron chi connectivity index (χ3n) is 5.53. The highest BCUT2D eigenvalue weighted by Gasteiger charge is 2.28. The van der Waals surface area contributed by atoms with Crippen LogP contribution in [0.2, 0.25) is 0 Å². The highest BCUT2D eigenvalue weighted by Crippen LogP contribution is 2.26. The van der Waals surface area contributed by atoms with Crippen LogP contribution in [0, 0.1) is 12.8 Å². The molecule has 158 valence electrons. The molecule has 2 aromatic heterocycles. The van der Waals surface area contributed by atoms with Gasteiger partial charge in [-0.25, -0.2) is 9.97 Å². The summed E-state index contributed by atoms with van der Waals surface area (Å²) >= 11 is 0. The van der Waals surface area contributed by atoms with Gasteiger partial charge in [0, 0.05) is 32.6 Å². The van der Waals surface area contributed by atoms with Crippen LogP contribution in [0.3, 0.4) is 0 Å². The minimum absolute atomic E-state index is 0.0705. The number of piperazine rings is 1. The third kappa shape index (κ3) is 4.25. The fourth-order valence-corrected chi connectivity index (χ4v) is 4.05. The average Bonchev–Trinajstić information content (AvgIpc) is 3.21. The Hall–Kier alpha value is -3.07. The Bertz CT molecular complexity index is 964. The van der Waals surface area contributed by atoms with Crippen LogP contribution in [0.1, 0.15) is 45.6 Å². The molecule has 2 amide bonds. The van der Waals surface area contributed by atoms with Gasteiger partial charge < -0.3 is 9.32 Å². The Kier molecular flexibility index (Phi) is 5.63. The van der Waals surface area contributed by atoms with Crippen molar-refractivity contribution in [3.8, 4) is 0 Å². The van der Waals surface area contributed by atoms with E-state index in [1.165, 1.54) is 6.26 Å². The molecule has 3 heterocycles. The van der Waals surface area contributed by atoms with Crippen LogP contribution in [0.4, 0.5) is 5.95 Å². The van der Waals surface area contributed by atoms with Gasteiger partial charge in [0.15, 0.2) is 11.5 Å². The number of rotatable bonds is 4. The summed E-state index contributed by atoms with van der Waals surface area (Å²) in [5, 5.41) is 2.76. The number of hydrogen-bond acceptors (Lipinski definition) is 7. The molecule has 9 nitrogen and oxygen atoms in total. The number of amides is 2. The normalized spacial score (nSPS) is 19.5. The fourth-order valence-electron chi connectivity index (χ4n) is 4.05. The summed E-state index contributed by atoms with van der Waals surface area (Å²) in [6, 6.07) is 3.34. The molecule has 0 aromatic carbocycles. The average molecular weight is 411 g/mol. The van der Waals surface area contributed by atoms with Crippen LogP contribution in [0.25, 0.3) is 0 Å². The van der Waals surface area contributed by atoms with Gasteiger partial charge in [-0.15, -0.1) is 0 Å². The van der Waals surface area contributed by atoms with Crippen molar-refractivity contribution in [3.63, 3.8) is 0 Å². The number of furan rings is 1. The second-order valence-electron chi connectivity index (χ2n) is 7.98. The largest absolute Gasteiger partial charge is 0.459 e. The van der Waals surface area contributed by atoms with Gasteiger partial charge in [-0.1, -0.05) is 6.92 Å². The van der Waals surface area contributed by atoms with Gasteiger partial charge in [0.25, 0.3) is 5.91 Å². The van der Waals surface area contributed by atoms with E-state index in [0.29, 0.717) is 61.7 Å². The zero-order chi connectivity index (χ0) is 21.3. The van der Waals surface area contributed by atoms with Gasteiger partial charge in [0.2, 0.25) is 11.9 Å². The minimum Gasteiger partial charge on any atom is -0.459 e. The Morgan fingerprint density at radius 1 is 1.20 bits per heavy atom. The number of nitrogens with zero attached hydrogens (tertiary/aromatic N) is 4. The summed E-state index contributed by atoms with van der Waals surface area (Å²) in [6.07, 6.45) is 2.70. The Morgan fingerprint density at radius 2 is 1.97 bits per heavy atom. The van der Waals surface area contributed by atoms with Crippen LogP contribution in [-0.2, 0) is 11.2 Å². The van der Waals surface area contributed by atoms with Gasteiger partial charge in [0.05, 0.1) is 29.8 Å². The summed E-state index contributed by atoms with van der Waals surface area (Å²) < 4.78 is 5.16. The van der Waals surface area contributed by atoms with E-state index in [2.05, 4.69) is 15.3 Å². The molecule has 30 heavy (non-hydrogen) atoms. The molecule has 0 spiro atoms. The maximum atomic E-state index is 12.5. The summed E-state index contributed by atoms with van der Waals surface area (Å²) in [5.74, 6) is 0.531. The summed E-state index contributed by atoms with van der Waals surface area (Å²) in [7, 11) is 0. The van der Waals surface area contributed by atoms with Crippen LogP contribution >= 0.6 is 0 Å². The highest BCUT2D eigenvalue weighted by molar-refractivity contribution is 5.99. The quantitative estimate of drug-likeness (QED) is 0.813. The summed E-state index contributed by atoms with van der Waals surface area (Å²) in [5.41, 5.74) is 1.92. The molecular weight excluding hydrogens is 386 g/mol. The summed E-state index contributed by atoms with van der Waals surface area (Å²) in [6.45, 7) is 6.23. The molecular formula is C21H25N5O4. The zero-order valence-electron chi connectivity index (χ0n) is 17.2. The third-order valence-corrected chi connectivity index (χ3v) is 5.53. The van der Waals surface area contributed by atoms with E-state index in [9.17, 15) is 14.4 Å². The molecule has 1 aliphatic heterocycles. The number of fused-ring (bicyclic) bond motifs is 1. The van der Waals surface area contributed by atoms with E-state index in [-0.39, 0.29) is 36.0 Å². The minimum atomic E-state index is -0.213. The number of ketones is 1. The topological polar surface area (TPSA) is 109 Å². The number of Topliss-reactive ketones (excluding diaryl/α,β-unsaturated/α-hetero) is 1. The number of carbonyl (C=O) groups excluding carboxylic acids is 3. The molecule has 2 aliphatic rings. The molecule has 0 bridgehead atoms. The molecule has 1 aliphatic carbocycles. The lowest BCUT2D eigenvalue weighted by Gasteiger charge is -2.33. The first-order valence-electron chi connectivity index (χ1n) is 10.2. The monoisotopic (exact) mass is 411 g/mol. The van der Waals surface area contributed by atoms with Crippen molar-refractivity contribution in [1.29, 1.82) is 0 Å². The molecule has 1 N–H and O–H groups in total. The smallest absolute Gasteiger partial charge is 0.289 e. The molecule has 1 atom stereocenters. The second-order valence-corrected chi connectivity index (χ2v) is 7.98. The predicted octanol–water partition coefficient (Wildman–Crippen LogP) is 1.54. The fraction of sp³-hybridized carbons (Fsp3) is 0.476. The molecule has 0 unspecified atom stereocenters. The first-order chi connectivity index (χ1) is 14.4. The number of hydrogen-bond donors (Lipinski definition) is 1. The van der Waals surface area contributed by atoms with Crippen LogP contribution in [0.5, 0.6) is 0 Å². The number of carbonyl (C=O) groups is 3. The number of nitrogens with one attached hydrogen (secondary N) is 1. The molecule has 4 rings (SSSR count). The number of aryl methyl sites for hydroxylation is 1. The van der Waals surface area contributed by atoms with Gasteiger partial charge in [-0.05, 0) is 31.4 Å². The van der Waals surface area contributed by atoms with E-state index < -0.39 is 0 Å². The van der Waals surface area contributed by atoms with E-state index >= 15 is 0 Å². The van der Waals surface area contributed by atoms with Crippen LogP contribution in [0.15, 0.2) is 22.8 Å². The first-order valence-corrected chi connectivity index (χ1v) is 10.2. The Labute approximate surface area is 174 Å². The van der Waals surface area contributed by atoms with E-state index in [0.717, 1.165) is 0 Å². The van der Waals surface area contributed by atoms with E-state index in [1.54, 1.807) is 24.0 Å². The lowest BCUT2D eigenvalue weighted by atomic mass is 9.86. The maximum absolute atomic E-state index is 12.5. The Morgan fingerprint density at radius 3 is 2.67 bits per heavy atom. The molecule has 1 fully saturated rings. The van der Waals surface area contributed by atoms with Crippen LogP contribution < -0.4 is 5.32 Å². The van der Waals surface area contributed by atoms with Crippen molar-refractivity contribution >= 4 is 23.5 Å². The molecule has 0 radical (unpaired) electrons. The van der Waals surface area contributed by atoms with Crippen molar-refractivity contribution in [1.82, 2.24) is 19.8 Å².